The van der Waals surface area contributed by atoms with Gasteiger partial charge in [-0.05, 0) is 43.9 Å². The maximum Gasteiger partial charge on any atom is 0.0897 e. The molecular formula is C18H26N2S. The summed E-state index contributed by atoms with van der Waals surface area (Å²) in [5, 5.41) is 7.02. The van der Waals surface area contributed by atoms with E-state index in [0.717, 1.165) is 30.8 Å². The average Bonchev–Trinajstić information content (AvgIpc) is 2.90. The summed E-state index contributed by atoms with van der Waals surface area (Å²) in [7, 11) is 0. The molecule has 1 atom stereocenters. The molecule has 2 rings (SSSR count). The molecule has 0 spiro atoms. The van der Waals surface area contributed by atoms with Crippen LogP contribution >= 0.6 is 11.3 Å². The first-order valence-electron chi connectivity index (χ1n) is 7.93. The third-order valence-electron chi connectivity index (χ3n) is 3.72. The fourth-order valence-corrected chi connectivity index (χ4v) is 3.14. The van der Waals surface area contributed by atoms with Crippen LogP contribution in [0.5, 0.6) is 0 Å². The molecular weight excluding hydrogens is 276 g/mol. The largest absolute Gasteiger partial charge is 0.313 e. The molecule has 21 heavy (non-hydrogen) atoms. The number of nitrogens with zero attached hydrogens (tertiary/aromatic N) is 1. The van der Waals surface area contributed by atoms with Gasteiger partial charge >= 0.3 is 0 Å². The number of benzene rings is 1. The molecule has 1 unspecified atom stereocenters. The molecule has 1 aromatic carbocycles. The number of hydrogen-bond donors (Lipinski definition) is 1. The Morgan fingerprint density at radius 2 is 1.81 bits per heavy atom. The van der Waals surface area contributed by atoms with Crippen LogP contribution in [0.2, 0.25) is 0 Å². The highest BCUT2D eigenvalue weighted by atomic mass is 32.1. The van der Waals surface area contributed by atoms with Crippen LogP contribution in [0, 0.1) is 6.92 Å². The highest BCUT2D eigenvalue weighted by molar-refractivity contribution is 7.09. The highest BCUT2D eigenvalue weighted by Crippen LogP contribution is 2.13. The number of aryl methyl sites for hydroxylation is 2. The number of rotatable bonds is 8. The van der Waals surface area contributed by atoms with Crippen LogP contribution in [0.4, 0.5) is 0 Å². The van der Waals surface area contributed by atoms with E-state index in [-0.39, 0.29) is 0 Å². The van der Waals surface area contributed by atoms with Crippen molar-refractivity contribution in [3.63, 3.8) is 0 Å². The summed E-state index contributed by atoms with van der Waals surface area (Å²) in [4.78, 5) is 4.61. The summed E-state index contributed by atoms with van der Waals surface area (Å²) in [6.45, 7) is 7.56. The standard InChI is InChI=1S/C18H26N2S/c1-4-10-19-17(12-18-13-21-14(3)20-18)11-16-8-6-15(5-2)7-9-16/h6-9,13,17,19H,4-5,10-12H2,1-3H3. The van der Waals surface area contributed by atoms with Crippen molar-refractivity contribution in [1.29, 1.82) is 0 Å². The maximum absolute atomic E-state index is 4.61. The predicted molar refractivity (Wildman–Crippen MR) is 92.2 cm³/mol. The van der Waals surface area contributed by atoms with E-state index in [4.69, 9.17) is 0 Å². The molecule has 0 saturated carbocycles. The zero-order valence-corrected chi connectivity index (χ0v) is 14.2. The minimum atomic E-state index is 0.471. The molecule has 0 fully saturated rings. The second-order valence-corrected chi connectivity index (χ2v) is 6.65. The number of aromatic nitrogens is 1. The lowest BCUT2D eigenvalue weighted by molar-refractivity contribution is 0.501. The van der Waals surface area contributed by atoms with Crippen molar-refractivity contribution in [1.82, 2.24) is 10.3 Å². The van der Waals surface area contributed by atoms with E-state index in [9.17, 15) is 0 Å². The fraction of sp³-hybridized carbons (Fsp3) is 0.500. The average molecular weight is 302 g/mol. The van der Waals surface area contributed by atoms with Crippen molar-refractivity contribution >= 4 is 11.3 Å². The Bertz CT molecular complexity index is 530. The summed E-state index contributed by atoms with van der Waals surface area (Å²) >= 11 is 1.74. The van der Waals surface area contributed by atoms with E-state index >= 15 is 0 Å². The van der Waals surface area contributed by atoms with E-state index in [1.54, 1.807) is 11.3 Å². The van der Waals surface area contributed by atoms with Gasteiger partial charge in [-0.15, -0.1) is 11.3 Å². The predicted octanol–water partition coefficient (Wildman–Crippen LogP) is 4.17. The summed E-state index contributed by atoms with van der Waals surface area (Å²) in [5.41, 5.74) is 4.04. The first-order valence-corrected chi connectivity index (χ1v) is 8.81. The Morgan fingerprint density at radius 3 is 2.38 bits per heavy atom. The molecule has 0 aliphatic rings. The smallest absolute Gasteiger partial charge is 0.0897 e. The molecule has 0 radical (unpaired) electrons. The summed E-state index contributed by atoms with van der Waals surface area (Å²) in [6, 6.07) is 9.51. The first kappa shape index (κ1) is 16.2. The van der Waals surface area contributed by atoms with Gasteiger partial charge in [0.1, 0.15) is 0 Å². The Kier molecular flexibility index (Phi) is 6.40. The Labute approximate surface area is 132 Å². The van der Waals surface area contributed by atoms with Gasteiger partial charge in [0.2, 0.25) is 0 Å². The number of nitrogens with one attached hydrogen (secondary N) is 1. The van der Waals surface area contributed by atoms with Crippen LogP contribution in [-0.4, -0.2) is 17.6 Å². The molecule has 0 aliphatic carbocycles. The van der Waals surface area contributed by atoms with Gasteiger partial charge in [-0.25, -0.2) is 4.98 Å². The minimum Gasteiger partial charge on any atom is -0.313 e. The molecule has 2 nitrogen and oxygen atoms in total. The Hall–Kier alpha value is -1.19. The normalized spacial score (nSPS) is 12.5. The molecule has 0 aliphatic heterocycles. The lowest BCUT2D eigenvalue weighted by atomic mass is 10.0. The number of hydrogen-bond acceptors (Lipinski definition) is 3. The van der Waals surface area contributed by atoms with E-state index in [1.807, 2.05) is 0 Å². The third kappa shape index (κ3) is 5.25. The molecule has 114 valence electrons. The zero-order valence-electron chi connectivity index (χ0n) is 13.4. The lowest BCUT2D eigenvalue weighted by Gasteiger charge is -2.18. The zero-order chi connectivity index (χ0) is 15.1. The van der Waals surface area contributed by atoms with Gasteiger partial charge in [0.05, 0.1) is 10.7 Å². The second-order valence-electron chi connectivity index (χ2n) is 5.59. The van der Waals surface area contributed by atoms with E-state index < -0.39 is 0 Å². The van der Waals surface area contributed by atoms with Crippen molar-refractivity contribution in [2.24, 2.45) is 0 Å². The van der Waals surface area contributed by atoms with Crippen LogP contribution in [0.1, 0.15) is 42.1 Å². The van der Waals surface area contributed by atoms with Gasteiger partial charge in [0.15, 0.2) is 0 Å². The van der Waals surface area contributed by atoms with Crippen LogP contribution in [0.25, 0.3) is 0 Å². The molecule has 2 aromatic rings. The van der Waals surface area contributed by atoms with Gasteiger partial charge in [-0.1, -0.05) is 38.1 Å². The molecule has 1 heterocycles. The van der Waals surface area contributed by atoms with Gasteiger partial charge in [-0.3, -0.25) is 0 Å². The van der Waals surface area contributed by atoms with Crippen molar-refractivity contribution < 1.29 is 0 Å². The summed E-state index contributed by atoms with van der Waals surface area (Å²) in [6.07, 6.45) is 4.36. The highest BCUT2D eigenvalue weighted by Gasteiger charge is 2.12. The van der Waals surface area contributed by atoms with Crippen molar-refractivity contribution in [2.75, 3.05) is 6.54 Å². The lowest BCUT2D eigenvalue weighted by Crippen LogP contribution is -2.34. The van der Waals surface area contributed by atoms with Crippen LogP contribution < -0.4 is 5.32 Å². The van der Waals surface area contributed by atoms with Gasteiger partial charge < -0.3 is 5.32 Å². The maximum atomic E-state index is 4.61. The van der Waals surface area contributed by atoms with Crippen LogP contribution in [-0.2, 0) is 19.3 Å². The minimum absolute atomic E-state index is 0.471. The molecule has 1 N–H and O–H groups in total. The third-order valence-corrected chi connectivity index (χ3v) is 4.54. The van der Waals surface area contributed by atoms with E-state index in [2.05, 4.69) is 60.7 Å². The fourth-order valence-electron chi connectivity index (χ4n) is 2.51. The molecule has 0 bridgehead atoms. The summed E-state index contributed by atoms with van der Waals surface area (Å²) < 4.78 is 0. The van der Waals surface area contributed by atoms with Crippen LogP contribution in [0.15, 0.2) is 29.6 Å². The molecule has 3 heteroatoms. The van der Waals surface area contributed by atoms with Crippen LogP contribution in [0.3, 0.4) is 0 Å². The van der Waals surface area contributed by atoms with Gasteiger partial charge in [-0.2, -0.15) is 0 Å². The van der Waals surface area contributed by atoms with Crippen molar-refractivity contribution in [3.8, 4) is 0 Å². The van der Waals surface area contributed by atoms with Gasteiger partial charge in [0.25, 0.3) is 0 Å². The topological polar surface area (TPSA) is 24.9 Å². The Morgan fingerprint density at radius 1 is 1.10 bits per heavy atom. The molecule has 0 amide bonds. The second kappa shape index (κ2) is 8.30. The summed E-state index contributed by atoms with van der Waals surface area (Å²) in [5.74, 6) is 0. The quantitative estimate of drug-likeness (QED) is 0.791. The van der Waals surface area contributed by atoms with Crippen molar-refractivity contribution in [2.45, 2.75) is 52.5 Å². The van der Waals surface area contributed by atoms with E-state index in [1.165, 1.54) is 23.2 Å². The SMILES string of the molecule is CCCNC(Cc1ccc(CC)cc1)Cc1csc(C)n1. The van der Waals surface area contributed by atoms with E-state index in [0.29, 0.717) is 6.04 Å². The Balaban J connectivity index is 2.00. The van der Waals surface area contributed by atoms with Crippen molar-refractivity contribution in [3.05, 3.63) is 51.5 Å². The number of thiazole rings is 1. The monoisotopic (exact) mass is 302 g/mol. The van der Waals surface area contributed by atoms with Gasteiger partial charge in [0, 0.05) is 17.8 Å². The first-order chi connectivity index (χ1) is 10.2. The molecule has 0 saturated heterocycles. The molecule has 1 aromatic heterocycles.